The molecule has 1 fully saturated rings. The molecule has 0 aromatic carbocycles. The minimum Gasteiger partial charge on any atom is -0.370 e. The minimum absolute atomic E-state index is 0.111. The van der Waals surface area contributed by atoms with Gasteiger partial charge in [0.2, 0.25) is 10.0 Å². The Balaban J connectivity index is 2.13. The average Bonchev–Trinajstić information content (AvgIpc) is 2.48. The second kappa shape index (κ2) is 6.75. The highest BCUT2D eigenvalue weighted by atomic mass is 32.2. The van der Waals surface area contributed by atoms with Gasteiger partial charge in [-0.25, -0.2) is 13.4 Å². The summed E-state index contributed by atoms with van der Waals surface area (Å²) in [6.45, 7) is 4.97. The topological polar surface area (TPSA) is 62.3 Å². The third-order valence-electron chi connectivity index (χ3n) is 4.27. The van der Waals surface area contributed by atoms with Gasteiger partial charge in [0, 0.05) is 25.8 Å². The number of hydrogen-bond donors (Lipinski definition) is 1. The fourth-order valence-electron chi connectivity index (χ4n) is 2.79. The van der Waals surface area contributed by atoms with E-state index in [1.54, 1.807) is 19.2 Å². The summed E-state index contributed by atoms with van der Waals surface area (Å²) in [6.07, 6.45) is 5.53. The number of pyridine rings is 1. The van der Waals surface area contributed by atoms with E-state index >= 15 is 0 Å². The molecule has 2 rings (SSSR count). The molecule has 1 aromatic rings. The molecular weight excluding hydrogens is 286 g/mol. The Bertz CT molecular complexity index is 549. The lowest BCUT2D eigenvalue weighted by Gasteiger charge is -2.32. The van der Waals surface area contributed by atoms with Crippen LogP contribution in [0.3, 0.4) is 0 Å². The Morgan fingerprint density at radius 2 is 1.95 bits per heavy atom. The highest BCUT2D eigenvalue weighted by molar-refractivity contribution is 7.89. The molecule has 1 aliphatic carbocycles. The van der Waals surface area contributed by atoms with E-state index in [1.165, 1.54) is 10.5 Å². The fourth-order valence-corrected chi connectivity index (χ4v) is 4.15. The van der Waals surface area contributed by atoms with E-state index in [0.29, 0.717) is 11.7 Å². The molecule has 0 spiro atoms. The molecular formula is C15H25N3O2S. The number of nitrogens with one attached hydrogen (secondary N) is 1. The molecule has 0 atom stereocenters. The van der Waals surface area contributed by atoms with Gasteiger partial charge in [0.05, 0.1) is 0 Å². The molecule has 1 N–H and O–H groups in total. The van der Waals surface area contributed by atoms with Gasteiger partial charge in [0.1, 0.15) is 10.7 Å². The van der Waals surface area contributed by atoms with Crippen molar-refractivity contribution in [2.24, 2.45) is 5.92 Å². The molecule has 5 nitrogen and oxygen atoms in total. The zero-order valence-corrected chi connectivity index (χ0v) is 13.9. The van der Waals surface area contributed by atoms with Gasteiger partial charge in [0.15, 0.2) is 0 Å². The first kappa shape index (κ1) is 16.2. The lowest BCUT2D eigenvalue weighted by molar-refractivity contribution is 0.246. The van der Waals surface area contributed by atoms with Gasteiger partial charge in [-0.2, -0.15) is 4.31 Å². The molecule has 0 aliphatic heterocycles. The van der Waals surface area contributed by atoms with Gasteiger partial charge < -0.3 is 5.32 Å². The second-order valence-electron chi connectivity index (χ2n) is 5.84. The van der Waals surface area contributed by atoms with Crippen LogP contribution in [0.4, 0.5) is 5.82 Å². The van der Waals surface area contributed by atoms with Crippen LogP contribution < -0.4 is 5.32 Å². The highest BCUT2D eigenvalue weighted by Crippen LogP contribution is 2.29. The first-order valence-electron chi connectivity index (χ1n) is 7.63. The van der Waals surface area contributed by atoms with Crippen LogP contribution in [0.2, 0.25) is 0 Å². The largest absolute Gasteiger partial charge is 0.370 e. The van der Waals surface area contributed by atoms with Crippen molar-refractivity contribution in [1.29, 1.82) is 0 Å². The lowest BCUT2D eigenvalue weighted by atomic mass is 9.87. The summed E-state index contributed by atoms with van der Waals surface area (Å²) in [5.41, 5.74) is 0. The van der Waals surface area contributed by atoms with Crippen molar-refractivity contribution in [3.8, 4) is 0 Å². The van der Waals surface area contributed by atoms with E-state index < -0.39 is 10.0 Å². The molecule has 118 valence electrons. The molecule has 0 radical (unpaired) electrons. The van der Waals surface area contributed by atoms with Crippen LogP contribution in [-0.4, -0.2) is 37.3 Å². The Labute approximate surface area is 127 Å². The summed E-state index contributed by atoms with van der Waals surface area (Å²) in [5, 5.41) is 3.06. The molecule has 1 heterocycles. The third kappa shape index (κ3) is 3.74. The summed E-state index contributed by atoms with van der Waals surface area (Å²) < 4.78 is 26.8. The number of rotatable bonds is 5. The van der Waals surface area contributed by atoms with Gasteiger partial charge >= 0.3 is 0 Å². The first-order valence-corrected chi connectivity index (χ1v) is 9.07. The fraction of sp³-hybridized carbons (Fsp3) is 0.667. The van der Waals surface area contributed by atoms with Crippen molar-refractivity contribution >= 4 is 15.8 Å². The number of sulfonamides is 1. The summed E-state index contributed by atoms with van der Waals surface area (Å²) in [4.78, 5) is 4.43. The van der Waals surface area contributed by atoms with Crippen LogP contribution in [-0.2, 0) is 10.0 Å². The molecule has 21 heavy (non-hydrogen) atoms. The quantitative estimate of drug-likeness (QED) is 0.908. The molecule has 6 heteroatoms. The van der Waals surface area contributed by atoms with Crippen molar-refractivity contribution in [2.45, 2.75) is 50.5 Å². The monoisotopic (exact) mass is 311 g/mol. The maximum atomic E-state index is 12.6. The SMILES string of the molecule is CCNc1ccc(S(=O)(=O)N(C)C2CCC(C)CC2)cn1. The van der Waals surface area contributed by atoms with Crippen LogP contribution in [0.15, 0.2) is 23.2 Å². The van der Waals surface area contributed by atoms with Gasteiger partial charge in [-0.1, -0.05) is 6.92 Å². The van der Waals surface area contributed by atoms with Crippen LogP contribution in [0.1, 0.15) is 39.5 Å². The van der Waals surface area contributed by atoms with E-state index in [-0.39, 0.29) is 10.9 Å². The molecule has 1 aliphatic rings. The van der Waals surface area contributed by atoms with Crippen LogP contribution in [0.5, 0.6) is 0 Å². The molecule has 1 aromatic heterocycles. The van der Waals surface area contributed by atoms with Crippen LogP contribution >= 0.6 is 0 Å². The summed E-state index contributed by atoms with van der Waals surface area (Å²) in [6, 6.07) is 3.45. The summed E-state index contributed by atoms with van der Waals surface area (Å²) in [7, 11) is -1.76. The maximum Gasteiger partial charge on any atom is 0.244 e. The standard InChI is InChI=1S/C15H25N3O2S/c1-4-16-15-10-9-14(11-17-15)21(19,20)18(3)13-7-5-12(2)6-8-13/h9-13H,4-8H2,1-3H3,(H,16,17). The van der Waals surface area contributed by atoms with Gasteiger partial charge in [-0.3, -0.25) is 0 Å². The van der Waals surface area contributed by atoms with Gasteiger partial charge in [-0.05, 0) is 50.7 Å². The van der Waals surface area contributed by atoms with Gasteiger partial charge in [-0.15, -0.1) is 0 Å². The highest BCUT2D eigenvalue weighted by Gasteiger charge is 2.30. The predicted molar refractivity (Wildman–Crippen MR) is 84.8 cm³/mol. The Kier molecular flexibility index (Phi) is 5.22. The van der Waals surface area contributed by atoms with Crippen LogP contribution in [0, 0.1) is 5.92 Å². The molecule has 1 saturated carbocycles. The first-order chi connectivity index (χ1) is 9.95. The van der Waals surface area contributed by atoms with Gasteiger partial charge in [0.25, 0.3) is 0 Å². The number of nitrogens with zero attached hydrogens (tertiary/aromatic N) is 2. The molecule has 0 unspecified atom stereocenters. The number of hydrogen-bond acceptors (Lipinski definition) is 4. The minimum atomic E-state index is -3.44. The van der Waals surface area contributed by atoms with E-state index in [4.69, 9.17) is 0 Å². The van der Waals surface area contributed by atoms with E-state index in [1.807, 2.05) is 6.92 Å². The normalized spacial score (nSPS) is 23.2. The zero-order chi connectivity index (χ0) is 15.5. The van der Waals surface area contributed by atoms with Crippen molar-refractivity contribution in [3.63, 3.8) is 0 Å². The van der Waals surface area contributed by atoms with E-state index in [9.17, 15) is 8.42 Å². The second-order valence-corrected chi connectivity index (χ2v) is 7.84. The maximum absolute atomic E-state index is 12.6. The van der Waals surface area contributed by atoms with Crippen molar-refractivity contribution in [1.82, 2.24) is 9.29 Å². The predicted octanol–water partition coefficient (Wildman–Crippen LogP) is 2.71. The van der Waals surface area contributed by atoms with Crippen LogP contribution in [0.25, 0.3) is 0 Å². The summed E-state index contributed by atoms with van der Waals surface area (Å²) in [5.74, 6) is 1.41. The third-order valence-corrected chi connectivity index (χ3v) is 6.16. The average molecular weight is 311 g/mol. The Morgan fingerprint density at radius 1 is 1.29 bits per heavy atom. The number of aromatic nitrogens is 1. The molecule has 0 amide bonds. The Hall–Kier alpha value is -1.14. The number of anilines is 1. The lowest BCUT2D eigenvalue weighted by Crippen LogP contribution is -2.39. The zero-order valence-electron chi connectivity index (χ0n) is 13.0. The van der Waals surface area contributed by atoms with Crippen molar-refractivity contribution in [3.05, 3.63) is 18.3 Å². The van der Waals surface area contributed by atoms with E-state index in [2.05, 4.69) is 17.2 Å². The van der Waals surface area contributed by atoms with Crippen molar-refractivity contribution < 1.29 is 8.42 Å². The summed E-state index contributed by atoms with van der Waals surface area (Å²) >= 11 is 0. The smallest absolute Gasteiger partial charge is 0.244 e. The Morgan fingerprint density at radius 3 is 2.48 bits per heavy atom. The molecule has 0 bridgehead atoms. The van der Waals surface area contributed by atoms with E-state index in [0.717, 1.165) is 32.2 Å². The molecule has 0 saturated heterocycles. The van der Waals surface area contributed by atoms with Crippen molar-refractivity contribution in [2.75, 3.05) is 18.9 Å².